The lowest BCUT2D eigenvalue weighted by Crippen LogP contribution is -2.38. The fourth-order valence-corrected chi connectivity index (χ4v) is 6.84. The number of carbonyl (C=O) groups is 2. The summed E-state index contributed by atoms with van der Waals surface area (Å²) < 4.78 is 30.1. The van der Waals surface area contributed by atoms with Crippen molar-refractivity contribution in [2.24, 2.45) is 5.92 Å². The summed E-state index contributed by atoms with van der Waals surface area (Å²) in [4.78, 5) is 31.7. The van der Waals surface area contributed by atoms with E-state index < -0.39 is 21.1 Å². The number of amides is 1. The Morgan fingerprint density at radius 2 is 1.93 bits per heavy atom. The van der Waals surface area contributed by atoms with E-state index in [0.29, 0.717) is 29.1 Å². The average Bonchev–Trinajstić information content (AvgIpc) is 3.20. The number of hydrogen-bond donors (Lipinski definition) is 1. The lowest BCUT2D eigenvalue weighted by atomic mass is 10.00. The van der Waals surface area contributed by atoms with Gasteiger partial charge in [0.2, 0.25) is 0 Å². The first kappa shape index (κ1) is 19.9. The van der Waals surface area contributed by atoms with Crippen LogP contribution < -0.4 is 0 Å². The van der Waals surface area contributed by atoms with Gasteiger partial charge in [0.05, 0.1) is 23.2 Å². The zero-order valence-electron chi connectivity index (χ0n) is 16.4. The third kappa shape index (κ3) is 3.27. The minimum Gasteiger partial charge on any atom is -0.462 e. The second-order valence-electron chi connectivity index (χ2n) is 7.62. The Kier molecular flexibility index (Phi) is 5.11. The van der Waals surface area contributed by atoms with Crippen LogP contribution in [0.4, 0.5) is 0 Å². The summed E-state index contributed by atoms with van der Waals surface area (Å²) >= 11 is 0. The highest BCUT2D eigenvalue weighted by Gasteiger charge is 2.53. The number of hydrogen-bond acceptors (Lipinski definition) is 6. The van der Waals surface area contributed by atoms with Crippen LogP contribution in [0.2, 0.25) is 0 Å². The molecule has 2 aliphatic rings. The number of sulfone groups is 1. The van der Waals surface area contributed by atoms with Gasteiger partial charge < -0.3 is 19.5 Å². The highest BCUT2D eigenvalue weighted by molar-refractivity contribution is 7.92. The summed E-state index contributed by atoms with van der Waals surface area (Å²) in [5.41, 5.74) is 1.82. The van der Waals surface area contributed by atoms with Crippen LogP contribution in [-0.2, 0) is 14.6 Å². The van der Waals surface area contributed by atoms with Crippen molar-refractivity contribution in [3.63, 3.8) is 0 Å². The molecule has 1 N–H and O–H groups in total. The summed E-state index contributed by atoms with van der Waals surface area (Å²) in [5, 5.41) is -0.519. The van der Waals surface area contributed by atoms with Crippen LogP contribution in [0.25, 0.3) is 0 Å². The van der Waals surface area contributed by atoms with Gasteiger partial charge in [-0.05, 0) is 40.4 Å². The highest BCUT2D eigenvalue weighted by Crippen LogP contribution is 2.36. The molecule has 0 bridgehead atoms. The van der Waals surface area contributed by atoms with Crippen LogP contribution in [0.5, 0.6) is 0 Å². The van der Waals surface area contributed by atoms with Crippen molar-refractivity contribution in [3.05, 3.63) is 22.5 Å². The predicted molar refractivity (Wildman–Crippen MR) is 101 cm³/mol. The molecule has 9 heteroatoms. The predicted octanol–water partition coefficient (Wildman–Crippen LogP) is 0.607. The molecule has 2 fully saturated rings. The van der Waals surface area contributed by atoms with Crippen LogP contribution in [0.15, 0.2) is 0 Å². The molecule has 0 aromatic carbocycles. The van der Waals surface area contributed by atoms with E-state index in [2.05, 4.69) is 4.98 Å². The van der Waals surface area contributed by atoms with Crippen LogP contribution in [-0.4, -0.2) is 85.9 Å². The van der Waals surface area contributed by atoms with Crippen molar-refractivity contribution in [1.82, 2.24) is 14.8 Å². The van der Waals surface area contributed by atoms with Gasteiger partial charge in [0, 0.05) is 30.7 Å². The number of rotatable bonds is 4. The lowest BCUT2D eigenvalue weighted by molar-refractivity contribution is 0.0525. The summed E-state index contributed by atoms with van der Waals surface area (Å²) in [6, 6.07) is -0.0839. The van der Waals surface area contributed by atoms with Gasteiger partial charge in [0.1, 0.15) is 5.69 Å². The van der Waals surface area contributed by atoms with Crippen LogP contribution in [0.3, 0.4) is 0 Å². The average molecular weight is 397 g/mol. The van der Waals surface area contributed by atoms with Crippen molar-refractivity contribution in [3.8, 4) is 0 Å². The number of aromatic nitrogens is 1. The molecule has 3 atom stereocenters. The van der Waals surface area contributed by atoms with Crippen molar-refractivity contribution >= 4 is 21.7 Å². The summed E-state index contributed by atoms with van der Waals surface area (Å²) in [6.45, 7) is 6.01. The van der Waals surface area contributed by atoms with Gasteiger partial charge in [-0.25, -0.2) is 13.2 Å². The number of fused-ring (bicyclic) bond motifs is 1. The first-order valence-corrected chi connectivity index (χ1v) is 10.8. The van der Waals surface area contributed by atoms with Crippen molar-refractivity contribution < 1.29 is 22.7 Å². The van der Waals surface area contributed by atoms with Gasteiger partial charge in [0.15, 0.2) is 9.84 Å². The molecule has 150 valence electrons. The molecule has 1 aromatic rings. The normalized spacial score (nSPS) is 26.4. The van der Waals surface area contributed by atoms with Crippen LogP contribution in [0, 0.1) is 19.8 Å². The molecule has 2 aliphatic heterocycles. The topological polar surface area (TPSA) is 99.8 Å². The molecule has 0 spiro atoms. The number of likely N-dealkylation sites (tertiary alicyclic amines) is 1. The molecule has 0 saturated carbocycles. The molecular weight excluding hydrogens is 370 g/mol. The quantitative estimate of drug-likeness (QED) is 0.747. The van der Waals surface area contributed by atoms with E-state index in [0.717, 1.165) is 0 Å². The second-order valence-corrected chi connectivity index (χ2v) is 9.88. The number of aromatic amines is 1. The molecule has 1 aromatic heterocycles. The highest BCUT2D eigenvalue weighted by atomic mass is 32.2. The SMILES string of the molecule is CCOC(=O)c1c(C)[nH]c(C(=O)N2C[C@H]3[C@H](N(C)C)CS(=O)(=O)[C@H]3C2)c1C. The molecule has 3 rings (SSSR count). The van der Waals surface area contributed by atoms with Gasteiger partial charge in [-0.3, -0.25) is 4.79 Å². The number of nitrogens with one attached hydrogen (secondary N) is 1. The molecule has 0 aliphatic carbocycles. The molecular formula is C18H27N3O5S. The van der Waals surface area contributed by atoms with Crippen LogP contribution >= 0.6 is 0 Å². The Labute approximate surface area is 159 Å². The lowest BCUT2D eigenvalue weighted by Gasteiger charge is -2.25. The number of aryl methyl sites for hydroxylation is 1. The molecule has 0 unspecified atom stereocenters. The summed E-state index contributed by atoms with van der Waals surface area (Å²) in [7, 11) is 0.524. The first-order chi connectivity index (χ1) is 12.6. The van der Waals surface area contributed by atoms with Gasteiger partial charge in [-0.15, -0.1) is 0 Å². The van der Waals surface area contributed by atoms with Gasteiger partial charge in [-0.1, -0.05) is 0 Å². The molecule has 8 nitrogen and oxygen atoms in total. The number of H-pyrrole nitrogens is 1. The maximum atomic E-state index is 13.1. The number of esters is 1. The molecule has 27 heavy (non-hydrogen) atoms. The maximum Gasteiger partial charge on any atom is 0.340 e. The third-order valence-electron chi connectivity index (χ3n) is 5.75. The van der Waals surface area contributed by atoms with E-state index in [1.165, 1.54) is 0 Å². The third-order valence-corrected chi connectivity index (χ3v) is 7.98. The number of ether oxygens (including phenoxy) is 1. The number of nitrogens with zero attached hydrogens (tertiary/aromatic N) is 2. The minimum absolute atomic E-state index is 0.0839. The van der Waals surface area contributed by atoms with E-state index in [1.807, 2.05) is 19.0 Å². The first-order valence-electron chi connectivity index (χ1n) is 9.12. The van der Waals surface area contributed by atoms with E-state index >= 15 is 0 Å². The van der Waals surface area contributed by atoms with Gasteiger partial charge >= 0.3 is 5.97 Å². The minimum atomic E-state index is -3.22. The molecule has 2 saturated heterocycles. The largest absolute Gasteiger partial charge is 0.462 e. The zero-order chi connectivity index (χ0) is 20.1. The Bertz CT molecular complexity index is 874. The Balaban J connectivity index is 1.87. The van der Waals surface area contributed by atoms with E-state index in [1.54, 1.807) is 25.7 Å². The fourth-order valence-electron chi connectivity index (χ4n) is 4.36. The van der Waals surface area contributed by atoms with Crippen molar-refractivity contribution in [2.75, 3.05) is 39.5 Å². The van der Waals surface area contributed by atoms with Crippen LogP contribution in [0.1, 0.15) is 39.0 Å². The van der Waals surface area contributed by atoms with E-state index in [4.69, 9.17) is 4.74 Å². The van der Waals surface area contributed by atoms with E-state index in [-0.39, 0.29) is 36.8 Å². The van der Waals surface area contributed by atoms with E-state index in [9.17, 15) is 18.0 Å². The Hall–Kier alpha value is -1.87. The van der Waals surface area contributed by atoms with Gasteiger partial charge in [-0.2, -0.15) is 0 Å². The smallest absolute Gasteiger partial charge is 0.340 e. The fraction of sp³-hybridized carbons (Fsp3) is 0.667. The summed E-state index contributed by atoms with van der Waals surface area (Å²) in [5.74, 6) is -0.676. The molecule has 3 heterocycles. The van der Waals surface area contributed by atoms with Gasteiger partial charge in [0.25, 0.3) is 5.91 Å². The molecule has 1 amide bonds. The van der Waals surface area contributed by atoms with Crippen molar-refractivity contribution in [1.29, 1.82) is 0 Å². The number of carbonyl (C=O) groups excluding carboxylic acids is 2. The molecule has 0 radical (unpaired) electrons. The Morgan fingerprint density at radius 3 is 2.52 bits per heavy atom. The van der Waals surface area contributed by atoms with Crippen molar-refractivity contribution in [2.45, 2.75) is 32.1 Å². The standard InChI is InChI=1S/C18H27N3O5S/c1-6-26-18(23)15-10(2)16(19-11(15)3)17(22)21-7-12-13(20(4)5)9-27(24,25)14(12)8-21/h12-14,19H,6-9H2,1-5H3/t12-,13+,14-/m0/s1. The zero-order valence-corrected chi connectivity index (χ0v) is 17.2. The second kappa shape index (κ2) is 6.94. The summed E-state index contributed by atoms with van der Waals surface area (Å²) in [6.07, 6.45) is 0. The Morgan fingerprint density at radius 1 is 1.26 bits per heavy atom. The maximum absolute atomic E-state index is 13.1. The monoisotopic (exact) mass is 397 g/mol.